The summed E-state index contributed by atoms with van der Waals surface area (Å²) in [4.78, 5) is 4.26. The van der Waals surface area contributed by atoms with E-state index in [1.165, 1.54) is 0 Å². The normalized spacial score (nSPS) is 10.9. The van der Waals surface area contributed by atoms with Crippen molar-refractivity contribution in [3.63, 3.8) is 0 Å². The third-order valence-electron chi connectivity index (χ3n) is 2.12. The second kappa shape index (κ2) is 2.74. The zero-order valence-corrected chi connectivity index (χ0v) is 7.36. The Morgan fingerprint density at radius 2 is 2.38 bits per heavy atom. The third kappa shape index (κ3) is 1.07. The van der Waals surface area contributed by atoms with Crippen LogP contribution in [0.3, 0.4) is 0 Å². The molecule has 0 fully saturated rings. The van der Waals surface area contributed by atoms with Crippen LogP contribution in [0.4, 0.5) is 5.82 Å². The van der Waals surface area contributed by atoms with Crippen molar-refractivity contribution in [1.82, 2.24) is 9.38 Å². The zero-order valence-electron chi connectivity index (χ0n) is 7.36. The first-order valence-corrected chi connectivity index (χ1v) is 4.07. The minimum Gasteiger partial charge on any atom is -0.392 e. The van der Waals surface area contributed by atoms with E-state index in [1.54, 1.807) is 4.40 Å². The molecule has 2 aromatic rings. The summed E-state index contributed by atoms with van der Waals surface area (Å²) in [5.74, 6) is 0.630. The lowest BCUT2D eigenvalue weighted by molar-refractivity contribution is 0.282. The SMILES string of the molecule is Cc1nc2c(CO)cccn2c1N. The fourth-order valence-electron chi connectivity index (χ4n) is 1.38. The van der Waals surface area contributed by atoms with Crippen molar-refractivity contribution in [1.29, 1.82) is 0 Å². The quantitative estimate of drug-likeness (QED) is 0.674. The van der Waals surface area contributed by atoms with Crippen molar-refractivity contribution >= 4 is 11.5 Å². The molecule has 0 atom stereocenters. The van der Waals surface area contributed by atoms with Gasteiger partial charge in [-0.15, -0.1) is 0 Å². The van der Waals surface area contributed by atoms with Gasteiger partial charge >= 0.3 is 0 Å². The highest BCUT2D eigenvalue weighted by atomic mass is 16.3. The first-order chi connectivity index (χ1) is 6.24. The van der Waals surface area contributed by atoms with E-state index in [4.69, 9.17) is 10.8 Å². The van der Waals surface area contributed by atoms with Crippen LogP contribution in [0, 0.1) is 6.92 Å². The van der Waals surface area contributed by atoms with Crippen molar-refractivity contribution in [2.24, 2.45) is 0 Å². The summed E-state index contributed by atoms with van der Waals surface area (Å²) in [7, 11) is 0. The molecule has 0 amide bonds. The molecule has 0 aliphatic heterocycles. The molecular weight excluding hydrogens is 166 g/mol. The van der Waals surface area contributed by atoms with Crippen LogP contribution in [0.2, 0.25) is 0 Å². The molecule has 0 aliphatic carbocycles. The number of imidazole rings is 1. The maximum Gasteiger partial charge on any atom is 0.144 e. The highest BCUT2D eigenvalue weighted by molar-refractivity contribution is 5.56. The highest BCUT2D eigenvalue weighted by Crippen LogP contribution is 2.16. The number of nitrogens with two attached hydrogens (primary N) is 1. The van der Waals surface area contributed by atoms with Gasteiger partial charge in [-0.25, -0.2) is 4.98 Å². The zero-order chi connectivity index (χ0) is 9.42. The predicted octanol–water partition coefficient (Wildman–Crippen LogP) is 0.717. The van der Waals surface area contributed by atoms with E-state index in [-0.39, 0.29) is 6.61 Å². The summed E-state index contributed by atoms with van der Waals surface area (Å²) < 4.78 is 1.78. The van der Waals surface area contributed by atoms with Crippen molar-refractivity contribution in [2.75, 3.05) is 5.73 Å². The van der Waals surface area contributed by atoms with Crippen LogP contribution >= 0.6 is 0 Å². The van der Waals surface area contributed by atoms with Gasteiger partial charge in [-0.3, -0.25) is 4.40 Å². The van der Waals surface area contributed by atoms with Crippen LogP contribution in [-0.4, -0.2) is 14.5 Å². The van der Waals surface area contributed by atoms with Crippen molar-refractivity contribution in [3.05, 3.63) is 29.6 Å². The van der Waals surface area contributed by atoms with Gasteiger partial charge in [0.25, 0.3) is 0 Å². The van der Waals surface area contributed by atoms with E-state index in [2.05, 4.69) is 4.98 Å². The Morgan fingerprint density at radius 1 is 1.62 bits per heavy atom. The minimum atomic E-state index is -0.0137. The summed E-state index contributed by atoms with van der Waals surface area (Å²) >= 11 is 0. The Balaban J connectivity index is 2.84. The second-order valence-electron chi connectivity index (χ2n) is 2.97. The van der Waals surface area contributed by atoms with Gasteiger partial charge in [-0.2, -0.15) is 0 Å². The number of aryl methyl sites for hydroxylation is 1. The Morgan fingerprint density at radius 3 is 3.08 bits per heavy atom. The van der Waals surface area contributed by atoms with Crippen LogP contribution in [0.5, 0.6) is 0 Å². The van der Waals surface area contributed by atoms with E-state index < -0.39 is 0 Å². The lowest BCUT2D eigenvalue weighted by Gasteiger charge is -1.99. The Bertz CT molecular complexity index is 447. The summed E-state index contributed by atoms with van der Waals surface area (Å²) in [6.45, 7) is 1.84. The van der Waals surface area contributed by atoms with Crippen molar-refractivity contribution in [2.45, 2.75) is 13.5 Å². The number of nitrogens with zero attached hydrogens (tertiary/aromatic N) is 2. The number of fused-ring (bicyclic) bond motifs is 1. The van der Waals surface area contributed by atoms with E-state index in [0.717, 1.165) is 16.9 Å². The average Bonchev–Trinajstić information content (AvgIpc) is 2.43. The summed E-state index contributed by atoms with van der Waals surface area (Å²) in [5.41, 5.74) is 8.10. The van der Waals surface area contributed by atoms with Crippen LogP contribution in [0.15, 0.2) is 18.3 Å². The number of hydrogen-bond acceptors (Lipinski definition) is 3. The molecule has 0 radical (unpaired) electrons. The molecule has 0 aliphatic rings. The van der Waals surface area contributed by atoms with E-state index in [9.17, 15) is 0 Å². The Labute approximate surface area is 75.6 Å². The maximum absolute atomic E-state index is 9.04. The lowest BCUT2D eigenvalue weighted by Crippen LogP contribution is -1.95. The van der Waals surface area contributed by atoms with Gasteiger partial charge in [-0.05, 0) is 13.0 Å². The number of nitrogen functional groups attached to an aromatic ring is 1. The smallest absolute Gasteiger partial charge is 0.144 e. The van der Waals surface area contributed by atoms with Gasteiger partial charge < -0.3 is 10.8 Å². The maximum atomic E-state index is 9.04. The molecule has 13 heavy (non-hydrogen) atoms. The van der Waals surface area contributed by atoms with Gasteiger partial charge in [0.2, 0.25) is 0 Å². The van der Waals surface area contributed by atoms with Gasteiger partial charge in [0.05, 0.1) is 12.3 Å². The van der Waals surface area contributed by atoms with E-state index in [0.29, 0.717) is 5.82 Å². The molecule has 68 valence electrons. The summed E-state index contributed by atoms with van der Waals surface area (Å²) in [6, 6.07) is 3.68. The molecule has 0 spiro atoms. The first kappa shape index (κ1) is 8.07. The summed E-state index contributed by atoms with van der Waals surface area (Å²) in [6.07, 6.45) is 1.84. The fraction of sp³-hybridized carbons (Fsp3) is 0.222. The Kier molecular flexibility index (Phi) is 1.70. The van der Waals surface area contributed by atoms with Crippen LogP contribution < -0.4 is 5.73 Å². The molecule has 4 heteroatoms. The van der Waals surface area contributed by atoms with E-state index in [1.807, 2.05) is 25.3 Å². The van der Waals surface area contributed by atoms with Gasteiger partial charge in [0, 0.05) is 11.8 Å². The number of anilines is 1. The van der Waals surface area contributed by atoms with Gasteiger partial charge in [0.15, 0.2) is 0 Å². The number of rotatable bonds is 1. The number of aliphatic hydroxyl groups excluding tert-OH is 1. The number of hydrogen-bond donors (Lipinski definition) is 2. The van der Waals surface area contributed by atoms with Crippen LogP contribution in [0.25, 0.3) is 5.65 Å². The standard InChI is InChI=1S/C9H11N3O/c1-6-8(10)12-4-2-3-7(5-13)9(12)11-6/h2-4,13H,5,10H2,1H3. The van der Waals surface area contributed by atoms with Gasteiger partial charge in [-0.1, -0.05) is 6.07 Å². The molecule has 2 aromatic heterocycles. The topological polar surface area (TPSA) is 63.5 Å². The highest BCUT2D eigenvalue weighted by Gasteiger charge is 2.07. The molecule has 0 aromatic carbocycles. The average molecular weight is 177 g/mol. The molecule has 4 nitrogen and oxygen atoms in total. The second-order valence-corrected chi connectivity index (χ2v) is 2.97. The number of aliphatic hydroxyl groups is 1. The first-order valence-electron chi connectivity index (χ1n) is 4.07. The monoisotopic (exact) mass is 177 g/mol. The van der Waals surface area contributed by atoms with Crippen LogP contribution in [0.1, 0.15) is 11.3 Å². The van der Waals surface area contributed by atoms with Crippen LogP contribution in [-0.2, 0) is 6.61 Å². The molecule has 0 saturated carbocycles. The van der Waals surface area contributed by atoms with Gasteiger partial charge in [0.1, 0.15) is 11.5 Å². The molecule has 0 saturated heterocycles. The lowest BCUT2D eigenvalue weighted by atomic mass is 10.3. The predicted molar refractivity (Wildman–Crippen MR) is 50.3 cm³/mol. The molecular formula is C9H11N3O. The minimum absolute atomic E-state index is 0.0137. The van der Waals surface area contributed by atoms with Crippen molar-refractivity contribution < 1.29 is 5.11 Å². The molecule has 0 bridgehead atoms. The Hall–Kier alpha value is -1.55. The molecule has 2 rings (SSSR count). The largest absolute Gasteiger partial charge is 0.392 e. The molecule has 3 N–H and O–H groups in total. The number of aromatic nitrogens is 2. The fourth-order valence-corrected chi connectivity index (χ4v) is 1.38. The number of pyridine rings is 1. The third-order valence-corrected chi connectivity index (χ3v) is 2.12. The van der Waals surface area contributed by atoms with E-state index >= 15 is 0 Å². The van der Waals surface area contributed by atoms with Crippen molar-refractivity contribution in [3.8, 4) is 0 Å². The molecule has 0 unspecified atom stereocenters. The molecule has 2 heterocycles. The summed E-state index contributed by atoms with van der Waals surface area (Å²) in [5, 5.41) is 9.04.